The van der Waals surface area contributed by atoms with Crippen LogP contribution in [0.2, 0.25) is 0 Å². The largest absolute Gasteiger partial charge is 0.457 e. The van der Waals surface area contributed by atoms with Gasteiger partial charge < -0.3 is 13.9 Å². The van der Waals surface area contributed by atoms with E-state index in [0.717, 1.165) is 0 Å². The zero-order valence-corrected chi connectivity index (χ0v) is 7.23. The summed E-state index contributed by atoms with van der Waals surface area (Å²) in [6.45, 7) is 1.65. The van der Waals surface area contributed by atoms with Crippen molar-refractivity contribution in [3.63, 3.8) is 0 Å². The standard InChI is InChI=1S/C9H10O4/c1-7(4-5-10)13-9(11)8-3-2-6-12-8/h2-3,5-7H,4H2,1H3. The number of ether oxygens (including phenoxy) is 1. The van der Waals surface area contributed by atoms with Crippen LogP contribution in [-0.4, -0.2) is 18.4 Å². The average molecular weight is 182 g/mol. The topological polar surface area (TPSA) is 56.5 Å². The fraction of sp³-hybridized carbons (Fsp3) is 0.333. The van der Waals surface area contributed by atoms with Crippen molar-refractivity contribution in [3.05, 3.63) is 24.2 Å². The summed E-state index contributed by atoms with van der Waals surface area (Å²) in [5, 5.41) is 0. The van der Waals surface area contributed by atoms with Crippen LogP contribution in [0, 0.1) is 0 Å². The molecule has 4 nitrogen and oxygen atoms in total. The number of hydrogen-bond acceptors (Lipinski definition) is 4. The van der Waals surface area contributed by atoms with Gasteiger partial charge in [-0.05, 0) is 19.1 Å². The zero-order valence-electron chi connectivity index (χ0n) is 7.23. The van der Waals surface area contributed by atoms with Gasteiger partial charge in [0.15, 0.2) is 0 Å². The number of furan rings is 1. The Morgan fingerprint density at radius 1 is 1.77 bits per heavy atom. The van der Waals surface area contributed by atoms with Gasteiger partial charge in [0.25, 0.3) is 0 Å². The van der Waals surface area contributed by atoms with E-state index in [1.165, 1.54) is 12.3 Å². The highest BCUT2D eigenvalue weighted by Gasteiger charge is 2.13. The third-order valence-corrected chi connectivity index (χ3v) is 1.46. The van der Waals surface area contributed by atoms with Gasteiger partial charge in [-0.15, -0.1) is 0 Å². The van der Waals surface area contributed by atoms with Crippen molar-refractivity contribution in [2.75, 3.05) is 0 Å². The predicted molar refractivity (Wildman–Crippen MR) is 44.3 cm³/mol. The van der Waals surface area contributed by atoms with Gasteiger partial charge in [0.05, 0.1) is 6.26 Å². The molecule has 0 spiro atoms. The molecule has 0 aliphatic rings. The maximum Gasteiger partial charge on any atom is 0.374 e. The first-order valence-corrected chi connectivity index (χ1v) is 3.92. The Bertz CT molecular complexity index is 276. The van der Waals surface area contributed by atoms with E-state index < -0.39 is 12.1 Å². The van der Waals surface area contributed by atoms with Gasteiger partial charge in [0.2, 0.25) is 5.76 Å². The molecule has 0 saturated carbocycles. The molecule has 1 aromatic rings. The normalized spacial score (nSPS) is 12.1. The van der Waals surface area contributed by atoms with E-state index in [4.69, 9.17) is 9.15 Å². The molecule has 13 heavy (non-hydrogen) atoms. The molecule has 1 heterocycles. The van der Waals surface area contributed by atoms with E-state index in [1.54, 1.807) is 13.0 Å². The zero-order chi connectivity index (χ0) is 9.68. The molecule has 0 radical (unpaired) electrons. The fourth-order valence-electron chi connectivity index (χ4n) is 0.819. The van der Waals surface area contributed by atoms with Gasteiger partial charge in [-0.1, -0.05) is 0 Å². The summed E-state index contributed by atoms with van der Waals surface area (Å²) in [7, 11) is 0. The Labute approximate surface area is 75.5 Å². The van der Waals surface area contributed by atoms with Crippen molar-refractivity contribution in [2.24, 2.45) is 0 Å². The van der Waals surface area contributed by atoms with Crippen LogP contribution in [0.25, 0.3) is 0 Å². The van der Waals surface area contributed by atoms with E-state index in [0.29, 0.717) is 6.29 Å². The number of rotatable bonds is 4. The monoisotopic (exact) mass is 182 g/mol. The fourth-order valence-corrected chi connectivity index (χ4v) is 0.819. The Morgan fingerprint density at radius 2 is 2.54 bits per heavy atom. The summed E-state index contributed by atoms with van der Waals surface area (Å²) >= 11 is 0. The first-order valence-electron chi connectivity index (χ1n) is 3.92. The lowest BCUT2D eigenvalue weighted by atomic mass is 10.3. The second kappa shape index (κ2) is 4.45. The molecule has 70 valence electrons. The lowest BCUT2D eigenvalue weighted by molar-refractivity contribution is -0.109. The maximum atomic E-state index is 11.2. The summed E-state index contributed by atoms with van der Waals surface area (Å²) in [6.07, 6.45) is 1.89. The molecule has 4 heteroatoms. The van der Waals surface area contributed by atoms with Crippen LogP contribution in [0.1, 0.15) is 23.9 Å². The summed E-state index contributed by atoms with van der Waals surface area (Å²) < 4.78 is 9.68. The number of esters is 1. The molecule has 0 amide bonds. The van der Waals surface area contributed by atoms with Gasteiger partial charge in [0, 0.05) is 6.42 Å². The molecule has 1 aromatic heterocycles. The Hall–Kier alpha value is -1.58. The molecule has 0 fully saturated rings. The minimum absolute atomic E-state index is 0.151. The van der Waals surface area contributed by atoms with Crippen molar-refractivity contribution in [3.8, 4) is 0 Å². The smallest absolute Gasteiger partial charge is 0.374 e. The highest BCUT2D eigenvalue weighted by atomic mass is 16.6. The molecule has 0 aromatic carbocycles. The number of carbonyl (C=O) groups excluding carboxylic acids is 2. The van der Waals surface area contributed by atoms with Crippen LogP contribution < -0.4 is 0 Å². The molecular formula is C9H10O4. The van der Waals surface area contributed by atoms with E-state index in [1.807, 2.05) is 0 Å². The Morgan fingerprint density at radius 3 is 3.08 bits per heavy atom. The lowest BCUT2D eigenvalue weighted by Crippen LogP contribution is -2.14. The van der Waals surface area contributed by atoms with Gasteiger partial charge in [-0.3, -0.25) is 0 Å². The molecule has 0 bridgehead atoms. The van der Waals surface area contributed by atoms with Crippen molar-refractivity contribution in [1.82, 2.24) is 0 Å². The van der Waals surface area contributed by atoms with E-state index in [-0.39, 0.29) is 12.2 Å². The van der Waals surface area contributed by atoms with E-state index >= 15 is 0 Å². The van der Waals surface area contributed by atoms with Gasteiger partial charge in [-0.25, -0.2) is 4.79 Å². The highest BCUT2D eigenvalue weighted by molar-refractivity contribution is 5.86. The third kappa shape index (κ3) is 2.74. The van der Waals surface area contributed by atoms with Crippen molar-refractivity contribution < 1.29 is 18.7 Å². The first kappa shape index (κ1) is 9.51. The maximum absolute atomic E-state index is 11.2. The molecule has 0 saturated heterocycles. The minimum atomic E-state index is -0.542. The van der Waals surface area contributed by atoms with Crippen molar-refractivity contribution in [1.29, 1.82) is 0 Å². The summed E-state index contributed by atoms with van der Waals surface area (Å²) in [5.41, 5.74) is 0. The Kier molecular flexibility index (Phi) is 3.25. The molecule has 0 N–H and O–H groups in total. The summed E-state index contributed by atoms with van der Waals surface area (Å²) in [6, 6.07) is 3.11. The number of aldehydes is 1. The summed E-state index contributed by atoms with van der Waals surface area (Å²) in [5.74, 6) is -0.392. The van der Waals surface area contributed by atoms with Crippen LogP contribution in [-0.2, 0) is 9.53 Å². The molecule has 1 atom stereocenters. The number of hydrogen-bond donors (Lipinski definition) is 0. The van der Waals surface area contributed by atoms with E-state index in [2.05, 4.69) is 0 Å². The number of carbonyl (C=O) groups is 2. The van der Waals surface area contributed by atoms with Crippen LogP contribution in [0.15, 0.2) is 22.8 Å². The summed E-state index contributed by atoms with van der Waals surface area (Å²) in [4.78, 5) is 21.2. The lowest BCUT2D eigenvalue weighted by Gasteiger charge is -2.07. The van der Waals surface area contributed by atoms with E-state index in [9.17, 15) is 9.59 Å². The molecule has 1 unspecified atom stereocenters. The molecule has 0 aliphatic heterocycles. The molecule has 1 rings (SSSR count). The van der Waals surface area contributed by atoms with Crippen LogP contribution in [0.4, 0.5) is 0 Å². The Balaban J connectivity index is 2.46. The van der Waals surface area contributed by atoms with Crippen LogP contribution >= 0.6 is 0 Å². The predicted octanol–water partition coefficient (Wildman–Crippen LogP) is 1.41. The van der Waals surface area contributed by atoms with Gasteiger partial charge in [-0.2, -0.15) is 0 Å². The van der Waals surface area contributed by atoms with Crippen molar-refractivity contribution in [2.45, 2.75) is 19.4 Å². The molecule has 0 aliphatic carbocycles. The molecular weight excluding hydrogens is 172 g/mol. The van der Waals surface area contributed by atoms with Crippen LogP contribution in [0.3, 0.4) is 0 Å². The highest BCUT2D eigenvalue weighted by Crippen LogP contribution is 2.05. The third-order valence-electron chi connectivity index (χ3n) is 1.46. The van der Waals surface area contributed by atoms with Crippen molar-refractivity contribution >= 4 is 12.3 Å². The van der Waals surface area contributed by atoms with Gasteiger partial charge >= 0.3 is 5.97 Å². The first-order chi connectivity index (χ1) is 6.24. The quantitative estimate of drug-likeness (QED) is 0.522. The average Bonchev–Trinajstić information content (AvgIpc) is 2.55. The second-order valence-corrected chi connectivity index (χ2v) is 2.60. The minimum Gasteiger partial charge on any atom is -0.457 e. The second-order valence-electron chi connectivity index (χ2n) is 2.60. The SMILES string of the molecule is CC(CC=O)OC(=O)c1ccco1. The van der Waals surface area contributed by atoms with Crippen LogP contribution in [0.5, 0.6) is 0 Å². The van der Waals surface area contributed by atoms with Gasteiger partial charge in [0.1, 0.15) is 12.4 Å².